The Bertz CT molecular complexity index is 4630. The first kappa shape index (κ1) is 43.1. The van der Waals surface area contributed by atoms with Gasteiger partial charge in [-0.3, -0.25) is 0 Å². The second-order valence-electron chi connectivity index (χ2n) is 18.5. The topological polar surface area (TPSA) is 77.2 Å². The van der Waals surface area contributed by atoms with Crippen LogP contribution in [0.25, 0.3) is 128 Å². The van der Waals surface area contributed by atoms with Crippen LogP contribution in [-0.4, -0.2) is 52.2 Å². The van der Waals surface area contributed by atoms with Crippen molar-refractivity contribution in [2.24, 2.45) is 0 Å². The number of nitriles is 1. The van der Waals surface area contributed by atoms with Crippen molar-refractivity contribution in [3.8, 4) is 68.4 Å². The molecular formula is C64H36B3N7. The highest BCUT2D eigenvalue weighted by atomic mass is 15.0. The van der Waals surface area contributed by atoms with Crippen molar-refractivity contribution in [3.05, 3.63) is 224 Å². The fourth-order valence-corrected chi connectivity index (χ4v) is 11.1. The summed E-state index contributed by atoms with van der Waals surface area (Å²) in [7, 11) is 22.1. The Morgan fingerprint density at radius 3 is 1.46 bits per heavy atom. The van der Waals surface area contributed by atoms with Crippen molar-refractivity contribution in [2.45, 2.75) is 0 Å². The Hall–Kier alpha value is -9.71. The first-order valence-corrected chi connectivity index (χ1v) is 24.4. The lowest BCUT2D eigenvalue weighted by atomic mass is 9.69. The number of hydrogen-bond donors (Lipinski definition) is 0. The molecule has 0 N–H and O–H groups in total. The average Bonchev–Trinajstić information content (AvgIpc) is 4.18. The van der Waals surface area contributed by atoms with E-state index in [0.29, 0.717) is 17.3 Å². The summed E-state index contributed by atoms with van der Waals surface area (Å²) < 4.78 is 6.61. The molecule has 4 aromatic heterocycles. The molecule has 10 heteroatoms. The van der Waals surface area contributed by atoms with Crippen molar-refractivity contribution < 1.29 is 0 Å². The van der Waals surface area contributed by atoms with Crippen molar-refractivity contribution in [1.82, 2.24) is 28.7 Å². The lowest BCUT2D eigenvalue weighted by molar-refractivity contribution is 1.08. The second-order valence-corrected chi connectivity index (χ2v) is 18.5. The van der Waals surface area contributed by atoms with E-state index in [4.69, 9.17) is 38.5 Å². The maximum atomic E-state index is 11.4. The molecule has 7 nitrogen and oxygen atoms in total. The third-order valence-electron chi connectivity index (χ3n) is 14.5. The zero-order valence-electron chi connectivity index (χ0n) is 39.6. The first-order valence-electron chi connectivity index (χ1n) is 24.4. The molecule has 0 atom stereocenters. The molecule has 0 saturated heterocycles. The fourth-order valence-electron chi connectivity index (χ4n) is 11.1. The molecule has 14 rings (SSSR count). The lowest BCUT2D eigenvalue weighted by Crippen LogP contribution is -2.39. The predicted octanol–water partition coefficient (Wildman–Crippen LogP) is 12.1. The molecule has 14 aromatic rings. The summed E-state index contributed by atoms with van der Waals surface area (Å²) in [6.07, 6.45) is 0. The molecule has 4 heterocycles. The minimum Gasteiger partial charge on any atom is -0.309 e. The van der Waals surface area contributed by atoms with E-state index in [-0.39, 0.29) is 33.3 Å². The largest absolute Gasteiger partial charge is 0.309 e. The van der Waals surface area contributed by atoms with Crippen LogP contribution in [0.2, 0.25) is 0 Å². The van der Waals surface area contributed by atoms with Gasteiger partial charge in [-0.15, -0.1) is 0 Å². The smallest absolute Gasteiger partial charge is 0.164 e. The van der Waals surface area contributed by atoms with Gasteiger partial charge in [-0.2, -0.15) is 5.26 Å². The zero-order valence-corrected chi connectivity index (χ0v) is 39.6. The van der Waals surface area contributed by atoms with Crippen molar-refractivity contribution in [3.63, 3.8) is 0 Å². The van der Waals surface area contributed by atoms with Gasteiger partial charge in [0.2, 0.25) is 0 Å². The maximum absolute atomic E-state index is 11.4. The van der Waals surface area contributed by atoms with Crippen LogP contribution in [0.15, 0.2) is 218 Å². The van der Waals surface area contributed by atoms with Crippen molar-refractivity contribution >= 4 is 105 Å². The normalized spacial score (nSPS) is 11.7. The molecule has 0 unspecified atom stereocenters. The van der Waals surface area contributed by atoms with Crippen LogP contribution >= 0.6 is 0 Å². The van der Waals surface area contributed by atoms with Crippen LogP contribution in [0.3, 0.4) is 0 Å². The summed E-state index contributed by atoms with van der Waals surface area (Å²) in [5, 5.41) is 17.6. The monoisotopic (exact) mass is 935 g/mol. The quantitative estimate of drug-likeness (QED) is 0.149. The molecule has 336 valence electrons. The highest BCUT2D eigenvalue weighted by Crippen LogP contribution is 2.43. The fraction of sp³-hybridized carbons (Fsp3) is 0. The van der Waals surface area contributed by atoms with Gasteiger partial charge >= 0.3 is 0 Å². The Morgan fingerprint density at radius 2 is 0.811 bits per heavy atom. The minimum atomic E-state index is 0.0999. The molecule has 0 spiro atoms. The Labute approximate surface area is 429 Å². The van der Waals surface area contributed by atoms with E-state index in [9.17, 15) is 5.26 Å². The van der Waals surface area contributed by atoms with E-state index in [1.54, 1.807) is 0 Å². The molecule has 74 heavy (non-hydrogen) atoms. The van der Waals surface area contributed by atoms with Gasteiger partial charge in [0, 0.05) is 60.4 Å². The highest BCUT2D eigenvalue weighted by Gasteiger charge is 2.27. The molecule has 0 amide bonds. The number of aromatic nitrogens is 6. The van der Waals surface area contributed by atoms with Crippen LogP contribution in [0.5, 0.6) is 0 Å². The summed E-state index contributed by atoms with van der Waals surface area (Å²) in [5.41, 5.74) is 12.8. The summed E-state index contributed by atoms with van der Waals surface area (Å²) in [6.45, 7) is 0. The Balaban J connectivity index is 1.01. The van der Waals surface area contributed by atoms with E-state index >= 15 is 0 Å². The Morgan fingerprint density at radius 1 is 0.351 bits per heavy atom. The Kier molecular flexibility index (Phi) is 9.89. The van der Waals surface area contributed by atoms with Crippen molar-refractivity contribution in [1.29, 1.82) is 5.26 Å². The van der Waals surface area contributed by atoms with E-state index in [2.05, 4.69) is 147 Å². The molecule has 0 aliphatic carbocycles. The molecule has 0 saturated carbocycles. The number of rotatable bonds is 7. The lowest BCUT2D eigenvalue weighted by Gasteiger charge is -2.22. The summed E-state index contributed by atoms with van der Waals surface area (Å²) >= 11 is 0. The van der Waals surface area contributed by atoms with E-state index in [1.165, 1.54) is 0 Å². The van der Waals surface area contributed by atoms with Gasteiger partial charge in [0.05, 0.1) is 44.4 Å². The van der Waals surface area contributed by atoms with Gasteiger partial charge in [-0.1, -0.05) is 168 Å². The third-order valence-corrected chi connectivity index (χ3v) is 14.5. The van der Waals surface area contributed by atoms with E-state index in [1.807, 2.05) is 91.0 Å². The third kappa shape index (κ3) is 6.53. The zero-order chi connectivity index (χ0) is 49.6. The standard InChI is InChI=1S/C64H36B3N7/c65-57-49(37-68)61(74-51-26-14-10-22-44(51)46-33-35-54-55(60(46)74)47-24-12-15-27-52(47)73(54)43-20-8-3-9-21-43)59(67)58(66)56(57)64-70-62(40-30-28-39(29-31-40)38-16-4-1-5-17-38)69-63(71-64)41-32-34-53-48(36-41)45-23-11-13-25-50(45)72(53)42-18-6-2-7-19-42/h1-36H. The summed E-state index contributed by atoms with van der Waals surface area (Å²) in [4.78, 5) is 15.5. The van der Waals surface area contributed by atoms with Crippen LogP contribution in [0.4, 0.5) is 0 Å². The van der Waals surface area contributed by atoms with Gasteiger partial charge < -0.3 is 13.7 Å². The average molecular weight is 935 g/mol. The van der Waals surface area contributed by atoms with Gasteiger partial charge in [-0.25, -0.2) is 15.0 Å². The van der Waals surface area contributed by atoms with E-state index in [0.717, 1.165) is 99.0 Å². The maximum Gasteiger partial charge on any atom is 0.164 e. The summed E-state index contributed by atoms with van der Waals surface area (Å²) in [5.74, 6) is 0.982. The van der Waals surface area contributed by atoms with Crippen LogP contribution < -0.4 is 16.4 Å². The predicted molar refractivity (Wildman–Crippen MR) is 305 cm³/mol. The first-order chi connectivity index (χ1) is 36.4. The number of fused-ring (bicyclic) bond motifs is 10. The van der Waals surface area contributed by atoms with Crippen LogP contribution in [-0.2, 0) is 0 Å². The second kappa shape index (κ2) is 17.0. The van der Waals surface area contributed by atoms with Gasteiger partial charge in [-0.05, 0) is 77.9 Å². The minimum absolute atomic E-state index is 0.0999. The molecular weight excluding hydrogens is 899 g/mol. The molecule has 0 aliphatic heterocycles. The van der Waals surface area contributed by atoms with Crippen molar-refractivity contribution in [2.75, 3.05) is 0 Å². The number of para-hydroxylation sites is 5. The number of nitrogens with zero attached hydrogens (tertiary/aromatic N) is 7. The molecule has 0 bridgehead atoms. The SMILES string of the molecule is [B]c1c([B])c(-n2c3ccccc3c3ccc4c(c5ccccc5n4-c4ccccc4)c32)c(C#N)c([B])c1-c1nc(-c2ccc(-c3ccccc3)cc2)nc(-c2ccc3c(c2)c2ccccc2n3-c2ccccc2)n1. The number of hydrogen-bond acceptors (Lipinski definition) is 4. The summed E-state index contributed by atoms with van der Waals surface area (Å²) in [6, 6.07) is 77.0. The van der Waals surface area contributed by atoms with Gasteiger partial charge in [0.15, 0.2) is 17.5 Å². The number of benzene rings is 10. The van der Waals surface area contributed by atoms with E-state index < -0.39 is 0 Å². The van der Waals surface area contributed by atoms with Crippen LogP contribution in [0, 0.1) is 11.3 Å². The molecule has 6 radical (unpaired) electrons. The van der Waals surface area contributed by atoms with Gasteiger partial charge in [0.25, 0.3) is 0 Å². The molecule has 0 fully saturated rings. The molecule has 10 aromatic carbocycles. The molecule has 0 aliphatic rings. The highest BCUT2D eigenvalue weighted by molar-refractivity contribution is 6.56. The van der Waals surface area contributed by atoms with Crippen LogP contribution in [0.1, 0.15) is 5.56 Å². The van der Waals surface area contributed by atoms with Gasteiger partial charge in [0.1, 0.15) is 29.6 Å².